The molecule has 0 aliphatic carbocycles. The number of hydrogen-bond acceptors (Lipinski definition) is 4. The first kappa shape index (κ1) is 19.4. The summed E-state index contributed by atoms with van der Waals surface area (Å²) < 4.78 is 7.58. The third-order valence-electron chi connectivity index (χ3n) is 5.36. The zero-order valence-electron chi connectivity index (χ0n) is 16.4. The molecule has 1 saturated heterocycles. The highest BCUT2D eigenvalue weighted by atomic mass is 16.5. The van der Waals surface area contributed by atoms with Crippen molar-refractivity contribution < 1.29 is 9.53 Å². The van der Waals surface area contributed by atoms with Gasteiger partial charge >= 0.3 is 0 Å². The Balaban J connectivity index is 1.35. The van der Waals surface area contributed by atoms with Gasteiger partial charge in [0.25, 0.3) is 0 Å². The van der Waals surface area contributed by atoms with Crippen molar-refractivity contribution in [2.45, 2.75) is 32.7 Å². The maximum absolute atomic E-state index is 12.2. The van der Waals surface area contributed by atoms with Gasteiger partial charge in [-0.05, 0) is 56.8 Å². The number of imidazole rings is 1. The van der Waals surface area contributed by atoms with E-state index in [-0.39, 0.29) is 5.91 Å². The van der Waals surface area contributed by atoms with E-state index in [1.165, 1.54) is 0 Å². The van der Waals surface area contributed by atoms with Crippen molar-refractivity contribution in [3.8, 4) is 5.75 Å². The summed E-state index contributed by atoms with van der Waals surface area (Å²) in [4.78, 5) is 18.8. The zero-order chi connectivity index (χ0) is 19.1. The van der Waals surface area contributed by atoms with Gasteiger partial charge in [-0.2, -0.15) is 0 Å². The highest BCUT2D eigenvalue weighted by Gasteiger charge is 2.21. The van der Waals surface area contributed by atoms with Crippen LogP contribution in [-0.4, -0.2) is 53.6 Å². The predicted molar refractivity (Wildman–Crippen MR) is 106 cm³/mol. The fraction of sp³-hybridized carbons (Fsp3) is 0.524. The first-order valence-corrected chi connectivity index (χ1v) is 9.74. The molecule has 6 nitrogen and oxygen atoms in total. The summed E-state index contributed by atoms with van der Waals surface area (Å²) in [5.41, 5.74) is 1.12. The average molecular weight is 370 g/mol. The molecule has 0 bridgehead atoms. The van der Waals surface area contributed by atoms with E-state index in [2.05, 4.69) is 26.0 Å². The van der Waals surface area contributed by atoms with Gasteiger partial charge in [0.1, 0.15) is 11.6 Å². The maximum atomic E-state index is 12.2. The molecule has 2 aromatic rings. The number of aromatic nitrogens is 2. The van der Waals surface area contributed by atoms with Crippen LogP contribution in [0.1, 0.15) is 24.2 Å². The molecule has 1 amide bonds. The number of aryl methyl sites for hydroxylation is 1. The number of benzene rings is 1. The van der Waals surface area contributed by atoms with E-state index >= 15 is 0 Å². The lowest BCUT2D eigenvalue weighted by atomic mass is 9.96. The predicted octanol–water partition coefficient (Wildman–Crippen LogP) is 2.27. The minimum absolute atomic E-state index is 0.105. The SMILES string of the molecule is COc1ccccc1CCNC(=O)CN1CCC(Cn2ccnc2C)CC1. The molecule has 1 aromatic carbocycles. The van der Waals surface area contributed by atoms with Crippen LogP contribution in [0.2, 0.25) is 0 Å². The molecule has 1 N–H and O–H groups in total. The Labute approximate surface area is 161 Å². The van der Waals surface area contributed by atoms with Gasteiger partial charge in [-0.3, -0.25) is 9.69 Å². The van der Waals surface area contributed by atoms with Crippen LogP contribution in [0.3, 0.4) is 0 Å². The first-order valence-electron chi connectivity index (χ1n) is 9.74. The van der Waals surface area contributed by atoms with E-state index in [4.69, 9.17) is 4.74 Å². The van der Waals surface area contributed by atoms with E-state index in [1.807, 2.05) is 37.4 Å². The second-order valence-corrected chi connectivity index (χ2v) is 7.26. The summed E-state index contributed by atoms with van der Waals surface area (Å²) in [6.07, 6.45) is 6.96. The molecule has 2 heterocycles. The lowest BCUT2D eigenvalue weighted by Gasteiger charge is -2.31. The van der Waals surface area contributed by atoms with Crippen LogP contribution in [0.15, 0.2) is 36.7 Å². The molecule has 27 heavy (non-hydrogen) atoms. The molecule has 0 unspecified atom stereocenters. The Hall–Kier alpha value is -2.34. The molecule has 0 atom stereocenters. The van der Waals surface area contributed by atoms with Gasteiger partial charge in [0, 0.05) is 25.5 Å². The number of carbonyl (C=O) groups excluding carboxylic acids is 1. The van der Waals surface area contributed by atoms with Crippen LogP contribution in [-0.2, 0) is 17.8 Å². The van der Waals surface area contributed by atoms with Crippen LogP contribution in [0, 0.1) is 12.8 Å². The quantitative estimate of drug-likeness (QED) is 0.774. The highest BCUT2D eigenvalue weighted by Crippen LogP contribution is 2.20. The Bertz CT molecular complexity index is 735. The minimum atomic E-state index is 0.105. The number of nitrogens with one attached hydrogen (secondary N) is 1. The van der Waals surface area contributed by atoms with E-state index in [1.54, 1.807) is 7.11 Å². The summed E-state index contributed by atoms with van der Waals surface area (Å²) in [5.74, 6) is 2.73. The van der Waals surface area contributed by atoms with E-state index in [9.17, 15) is 4.79 Å². The molecule has 0 radical (unpaired) electrons. The Morgan fingerprint density at radius 3 is 2.78 bits per heavy atom. The molecule has 1 fully saturated rings. The monoisotopic (exact) mass is 370 g/mol. The molecule has 3 rings (SSSR count). The molecule has 1 aliphatic rings. The second kappa shape index (κ2) is 9.55. The van der Waals surface area contributed by atoms with Gasteiger partial charge in [-0.1, -0.05) is 18.2 Å². The number of hydrogen-bond donors (Lipinski definition) is 1. The molecule has 146 valence electrons. The first-order chi connectivity index (χ1) is 13.2. The van der Waals surface area contributed by atoms with Crippen LogP contribution in [0.25, 0.3) is 0 Å². The van der Waals surface area contributed by atoms with Crippen molar-refractivity contribution in [2.75, 3.05) is 33.3 Å². The minimum Gasteiger partial charge on any atom is -0.496 e. The topological polar surface area (TPSA) is 59.4 Å². The number of methoxy groups -OCH3 is 1. The van der Waals surface area contributed by atoms with Crippen LogP contribution >= 0.6 is 0 Å². The van der Waals surface area contributed by atoms with Gasteiger partial charge in [-0.15, -0.1) is 0 Å². The summed E-state index contributed by atoms with van der Waals surface area (Å²) in [7, 11) is 1.68. The Morgan fingerprint density at radius 2 is 2.07 bits per heavy atom. The lowest BCUT2D eigenvalue weighted by molar-refractivity contribution is -0.122. The smallest absolute Gasteiger partial charge is 0.234 e. The van der Waals surface area contributed by atoms with Gasteiger partial charge < -0.3 is 14.6 Å². The standard InChI is InChI=1S/C21H30N4O2/c1-17-22-11-14-25(17)15-18-8-12-24(13-9-18)16-21(26)23-10-7-19-5-3-4-6-20(19)27-2/h3-6,11,14,18H,7-10,12-13,15-16H2,1-2H3,(H,23,26). The van der Waals surface area contributed by atoms with Crippen molar-refractivity contribution in [3.05, 3.63) is 48.0 Å². The molecule has 1 aliphatic heterocycles. The molecular formula is C21H30N4O2. The van der Waals surface area contributed by atoms with Crippen molar-refractivity contribution in [3.63, 3.8) is 0 Å². The highest BCUT2D eigenvalue weighted by molar-refractivity contribution is 5.78. The number of ether oxygens (including phenoxy) is 1. The Morgan fingerprint density at radius 1 is 1.30 bits per heavy atom. The van der Waals surface area contributed by atoms with Crippen molar-refractivity contribution in [1.82, 2.24) is 19.8 Å². The van der Waals surface area contributed by atoms with Gasteiger partial charge in [0.15, 0.2) is 0 Å². The van der Waals surface area contributed by atoms with E-state index in [0.29, 0.717) is 19.0 Å². The average Bonchev–Trinajstić information content (AvgIpc) is 3.08. The zero-order valence-corrected chi connectivity index (χ0v) is 16.4. The number of rotatable bonds is 8. The molecule has 0 spiro atoms. The van der Waals surface area contributed by atoms with Crippen LogP contribution in [0.4, 0.5) is 0 Å². The fourth-order valence-corrected chi connectivity index (χ4v) is 3.71. The maximum Gasteiger partial charge on any atom is 0.234 e. The molecule has 0 saturated carbocycles. The van der Waals surface area contributed by atoms with Gasteiger partial charge in [0.05, 0.1) is 13.7 Å². The third-order valence-corrected chi connectivity index (χ3v) is 5.36. The third kappa shape index (κ3) is 5.57. The number of para-hydroxylation sites is 1. The molecular weight excluding hydrogens is 340 g/mol. The van der Waals surface area contributed by atoms with E-state index in [0.717, 1.165) is 56.0 Å². The Kier molecular flexibility index (Phi) is 6.87. The van der Waals surface area contributed by atoms with Crippen molar-refractivity contribution in [2.24, 2.45) is 5.92 Å². The second-order valence-electron chi connectivity index (χ2n) is 7.26. The van der Waals surface area contributed by atoms with E-state index < -0.39 is 0 Å². The fourth-order valence-electron chi connectivity index (χ4n) is 3.71. The van der Waals surface area contributed by atoms with Crippen molar-refractivity contribution in [1.29, 1.82) is 0 Å². The summed E-state index contributed by atoms with van der Waals surface area (Å²) in [6, 6.07) is 7.94. The van der Waals surface area contributed by atoms with Gasteiger partial charge in [-0.25, -0.2) is 4.98 Å². The number of nitrogens with zero attached hydrogens (tertiary/aromatic N) is 3. The van der Waals surface area contributed by atoms with Crippen LogP contribution in [0.5, 0.6) is 5.75 Å². The van der Waals surface area contributed by atoms with Crippen molar-refractivity contribution >= 4 is 5.91 Å². The number of carbonyl (C=O) groups is 1. The summed E-state index contributed by atoms with van der Waals surface area (Å²) in [6.45, 7) is 6.17. The molecule has 1 aromatic heterocycles. The lowest BCUT2D eigenvalue weighted by Crippen LogP contribution is -2.42. The number of likely N-dealkylation sites (tertiary alicyclic amines) is 1. The number of piperidine rings is 1. The molecule has 6 heteroatoms. The van der Waals surface area contributed by atoms with Gasteiger partial charge in [0.2, 0.25) is 5.91 Å². The normalized spacial score (nSPS) is 15.6. The summed E-state index contributed by atoms with van der Waals surface area (Å²) in [5, 5.41) is 3.04. The van der Waals surface area contributed by atoms with Crippen LogP contribution < -0.4 is 10.1 Å². The summed E-state index contributed by atoms with van der Waals surface area (Å²) >= 11 is 0. The number of amides is 1. The largest absolute Gasteiger partial charge is 0.496 e.